The molecule has 2 N–H and O–H groups in total. The first-order valence-corrected chi connectivity index (χ1v) is 11.6. The zero-order valence-corrected chi connectivity index (χ0v) is 18.5. The standard InChI is InChI=1S/C26H28N2O5/c29-23(30)17-7-5-14-28(15-17)24(31)26(12-6-13-26)27-25(32)33-16-22-20-10-3-1-8-18(20)19-9-2-4-11-21(19)22/h1-4,8-11,17,22H,5-7,12-16H2,(H,27,32)(H,29,30)/t17-/m0/s1. The van der Waals surface area contributed by atoms with Crippen LogP contribution in [0.3, 0.4) is 0 Å². The molecule has 2 aliphatic carbocycles. The topological polar surface area (TPSA) is 95.9 Å². The van der Waals surface area contributed by atoms with Crippen LogP contribution in [0.25, 0.3) is 11.1 Å². The highest BCUT2D eigenvalue weighted by molar-refractivity contribution is 5.91. The number of ether oxygens (including phenoxy) is 1. The van der Waals surface area contributed by atoms with Gasteiger partial charge in [-0.25, -0.2) is 4.79 Å². The fraction of sp³-hybridized carbons (Fsp3) is 0.423. The smallest absolute Gasteiger partial charge is 0.408 e. The Morgan fingerprint density at radius 2 is 1.64 bits per heavy atom. The second kappa shape index (κ2) is 8.54. The molecular formula is C26H28N2O5. The second-order valence-corrected chi connectivity index (χ2v) is 9.31. The summed E-state index contributed by atoms with van der Waals surface area (Å²) in [7, 11) is 0. The molecule has 0 spiro atoms. The Morgan fingerprint density at radius 3 is 2.21 bits per heavy atom. The lowest BCUT2D eigenvalue weighted by Crippen LogP contribution is -2.64. The second-order valence-electron chi connectivity index (χ2n) is 9.31. The summed E-state index contributed by atoms with van der Waals surface area (Å²) in [6, 6.07) is 16.3. The van der Waals surface area contributed by atoms with Crippen molar-refractivity contribution in [2.24, 2.45) is 5.92 Å². The fourth-order valence-electron chi connectivity index (χ4n) is 5.42. The van der Waals surface area contributed by atoms with Gasteiger partial charge in [0.2, 0.25) is 5.91 Å². The number of carbonyl (C=O) groups is 3. The van der Waals surface area contributed by atoms with Crippen LogP contribution < -0.4 is 5.32 Å². The number of piperidine rings is 1. The van der Waals surface area contributed by atoms with Crippen molar-refractivity contribution in [3.63, 3.8) is 0 Å². The first-order valence-electron chi connectivity index (χ1n) is 11.6. The molecule has 0 aromatic heterocycles. The van der Waals surface area contributed by atoms with E-state index in [9.17, 15) is 19.5 Å². The predicted octanol–water partition coefficient (Wildman–Crippen LogP) is 3.77. The summed E-state index contributed by atoms with van der Waals surface area (Å²) in [6.07, 6.45) is 2.56. The number of amides is 2. The molecule has 0 unspecified atom stereocenters. The number of nitrogens with zero attached hydrogens (tertiary/aromatic N) is 1. The maximum absolute atomic E-state index is 13.3. The zero-order chi connectivity index (χ0) is 23.0. The van der Waals surface area contributed by atoms with Gasteiger partial charge in [0, 0.05) is 19.0 Å². The summed E-state index contributed by atoms with van der Waals surface area (Å²) in [5.74, 6) is -1.66. The number of likely N-dealkylation sites (tertiary alicyclic amines) is 1. The number of fused-ring (bicyclic) bond motifs is 3. The summed E-state index contributed by atoms with van der Waals surface area (Å²) < 4.78 is 5.65. The maximum Gasteiger partial charge on any atom is 0.408 e. The minimum absolute atomic E-state index is 0.0467. The number of carboxylic acids is 1. The number of alkyl carbamates (subject to hydrolysis) is 1. The quantitative estimate of drug-likeness (QED) is 0.726. The molecule has 0 bridgehead atoms. The van der Waals surface area contributed by atoms with Crippen molar-refractivity contribution < 1.29 is 24.2 Å². The molecule has 1 heterocycles. The molecule has 1 aliphatic heterocycles. The molecule has 1 saturated heterocycles. The van der Waals surface area contributed by atoms with Crippen molar-refractivity contribution in [3.8, 4) is 11.1 Å². The predicted molar refractivity (Wildman–Crippen MR) is 122 cm³/mol. The van der Waals surface area contributed by atoms with E-state index in [1.807, 2.05) is 24.3 Å². The van der Waals surface area contributed by atoms with Gasteiger partial charge in [0.15, 0.2) is 0 Å². The molecular weight excluding hydrogens is 420 g/mol. The molecule has 2 amide bonds. The number of aliphatic carboxylic acids is 1. The van der Waals surface area contributed by atoms with Gasteiger partial charge >= 0.3 is 12.1 Å². The first kappa shape index (κ1) is 21.5. The maximum atomic E-state index is 13.3. The van der Waals surface area contributed by atoms with Crippen molar-refractivity contribution in [1.82, 2.24) is 10.2 Å². The first-order chi connectivity index (χ1) is 16.0. The largest absolute Gasteiger partial charge is 0.481 e. The highest BCUT2D eigenvalue weighted by Crippen LogP contribution is 2.44. The summed E-state index contributed by atoms with van der Waals surface area (Å²) in [5.41, 5.74) is 3.60. The lowest BCUT2D eigenvalue weighted by Gasteiger charge is -2.45. The summed E-state index contributed by atoms with van der Waals surface area (Å²) in [4.78, 5) is 39.0. The van der Waals surface area contributed by atoms with Crippen molar-refractivity contribution in [2.75, 3.05) is 19.7 Å². The fourth-order valence-corrected chi connectivity index (χ4v) is 5.42. The molecule has 33 heavy (non-hydrogen) atoms. The van der Waals surface area contributed by atoms with E-state index < -0.39 is 23.5 Å². The van der Waals surface area contributed by atoms with Crippen LogP contribution in [0.15, 0.2) is 48.5 Å². The summed E-state index contributed by atoms with van der Waals surface area (Å²) in [5, 5.41) is 12.2. The van der Waals surface area contributed by atoms with E-state index in [4.69, 9.17) is 4.74 Å². The molecule has 2 aromatic carbocycles. The average Bonchev–Trinajstić information content (AvgIpc) is 3.13. The number of rotatable bonds is 5. The van der Waals surface area contributed by atoms with Crippen LogP contribution in [0.4, 0.5) is 4.79 Å². The van der Waals surface area contributed by atoms with Crippen LogP contribution in [0, 0.1) is 5.92 Å². The molecule has 0 radical (unpaired) electrons. The van der Waals surface area contributed by atoms with Crippen molar-refractivity contribution in [1.29, 1.82) is 0 Å². The minimum atomic E-state index is -0.983. The molecule has 3 aliphatic rings. The molecule has 2 aromatic rings. The minimum Gasteiger partial charge on any atom is -0.481 e. The van der Waals surface area contributed by atoms with Crippen molar-refractivity contribution >= 4 is 18.0 Å². The van der Waals surface area contributed by atoms with Crippen LogP contribution in [0.5, 0.6) is 0 Å². The molecule has 1 atom stereocenters. The number of hydrogen-bond donors (Lipinski definition) is 2. The Bertz CT molecular complexity index is 1050. The van der Waals surface area contributed by atoms with Crippen molar-refractivity contribution in [2.45, 2.75) is 43.6 Å². The van der Waals surface area contributed by atoms with Crippen LogP contribution in [-0.2, 0) is 14.3 Å². The van der Waals surface area contributed by atoms with E-state index in [2.05, 4.69) is 29.6 Å². The van der Waals surface area contributed by atoms with Gasteiger partial charge in [-0.2, -0.15) is 0 Å². The Balaban J connectivity index is 1.25. The summed E-state index contributed by atoms with van der Waals surface area (Å²) in [6.45, 7) is 0.911. The number of hydrogen-bond acceptors (Lipinski definition) is 4. The normalized spacial score (nSPS) is 20.8. The highest BCUT2D eigenvalue weighted by atomic mass is 16.5. The Morgan fingerprint density at radius 1 is 1.00 bits per heavy atom. The number of nitrogens with one attached hydrogen (secondary N) is 1. The monoisotopic (exact) mass is 448 g/mol. The number of benzene rings is 2. The van der Waals surface area contributed by atoms with Gasteiger partial charge in [-0.1, -0.05) is 48.5 Å². The number of carbonyl (C=O) groups excluding carboxylic acids is 2. The van der Waals surface area contributed by atoms with Gasteiger partial charge in [-0.05, 0) is 54.4 Å². The van der Waals surface area contributed by atoms with Gasteiger partial charge in [0.1, 0.15) is 12.1 Å². The summed E-state index contributed by atoms with van der Waals surface area (Å²) >= 11 is 0. The lowest BCUT2D eigenvalue weighted by molar-refractivity contribution is -0.149. The van der Waals surface area contributed by atoms with Crippen molar-refractivity contribution in [3.05, 3.63) is 59.7 Å². The number of carboxylic acid groups (broad SMARTS) is 1. The van der Waals surface area contributed by atoms with E-state index in [1.165, 1.54) is 0 Å². The van der Waals surface area contributed by atoms with Gasteiger partial charge < -0.3 is 20.1 Å². The van der Waals surface area contributed by atoms with Crippen LogP contribution in [-0.4, -0.2) is 53.2 Å². The molecule has 7 heteroatoms. The third kappa shape index (κ3) is 3.86. The SMILES string of the molecule is O=C(NC1(C(=O)N2CCC[C@H](C(=O)O)C2)CCC1)OCC1c2ccccc2-c2ccccc21. The highest BCUT2D eigenvalue weighted by Gasteiger charge is 2.49. The molecule has 172 valence electrons. The van der Waals surface area contributed by atoms with E-state index in [1.54, 1.807) is 4.90 Å². The van der Waals surface area contributed by atoms with Crippen LogP contribution in [0.1, 0.15) is 49.1 Å². The molecule has 1 saturated carbocycles. The van der Waals surface area contributed by atoms with Gasteiger partial charge in [-0.3, -0.25) is 9.59 Å². The van der Waals surface area contributed by atoms with E-state index >= 15 is 0 Å². The van der Waals surface area contributed by atoms with E-state index in [-0.39, 0.29) is 25.0 Å². The lowest BCUT2D eigenvalue weighted by atomic mass is 9.75. The third-order valence-electron chi connectivity index (χ3n) is 7.36. The molecule has 7 nitrogen and oxygen atoms in total. The van der Waals surface area contributed by atoms with Gasteiger partial charge in [0.25, 0.3) is 0 Å². The van der Waals surface area contributed by atoms with E-state index in [0.29, 0.717) is 32.2 Å². The third-order valence-corrected chi connectivity index (χ3v) is 7.36. The average molecular weight is 449 g/mol. The van der Waals surface area contributed by atoms with Gasteiger partial charge in [0.05, 0.1) is 5.92 Å². The van der Waals surface area contributed by atoms with Gasteiger partial charge in [-0.15, -0.1) is 0 Å². The Labute approximate surface area is 192 Å². The Kier molecular flexibility index (Phi) is 5.56. The van der Waals surface area contributed by atoms with E-state index in [0.717, 1.165) is 28.7 Å². The van der Waals surface area contributed by atoms with Crippen LogP contribution >= 0.6 is 0 Å². The zero-order valence-electron chi connectivity index (χ0n) is 18.5. The molecule has 2 fully saturated rings. The Hall–Kier alpha value is -3.35. The molecule has 5 rings (SSSR count). The van der Waals surface area contributed by atoms with Crippen LogP contribution in [0.2, 0.25) is 0 Å².